The predicted octanol–water partition coefficient (Wildman–Crippen LogP) is 4.89. The second kappa shape index (κ2) is 14.8. The molecule has 1 aliphatic heterocycles. The fourth-order valence-electron chi connectivity index (χ4n) is 4.76. The molecule has 2 atom stereocenters. The predicted molar refractivity (Wildman–Crippen MR) is 168 cm³/mol. The van der Waals surface area contributed by atoms with E-state index in [0.717, 1.165) is 51.5 Å². The molecule has 0 unspecified atom stereocenters. The molecule has 0 aromatic heterocycles. The van der Waals surface area contributed by atoms with Crippen LogP contribution < -0.4 is 14.8 Å². The largest absolute Gasteiger partial charge is 0.480 e. The van der Waals surface area contributed by atoms with Crippen LogP contribution in [-0.2, 0) is 32.4 Å². The monoisotopic (exact) mass is 627 g/mol. The lowest BCUT2D eigenvalue weighted by Crippen LogP contribution is -2.42. The van der Waals surface area contributed by atoms with E-state index in [-0.39, 0.29) is 25.1 Å². The average molecular weight is 628 g/mol. The number of benzene rings is 3. The van der Waals surface area contributed by atoms with Gasteiger partial charge in [-0.1, -0.05) is 43.3 Å². The smallest absolute Gasteiger partial charge is 0.326 e. The first kappa shape index (κ1) is 32.4. The Morgan fingerprint density at radius 1 is 1.02 bits per heavy atom. The molecule has 0 aliphatic carbocycles. The lowest BCUT2D eigenvalue weighted by Gasteiger charge is -2.20. The summed E-state index contributed by atoms with van der Waals surface area (Å²) in [5, 5.41) is 12.2. The molecule has 230 valence electrons. The van der Waals surface area contributed by atoms with Gasteiger partial charge in [0.05, 0.1) is 18.5 Å². The number of carboxylic acid groups (broad SMARTS) is 1. The van der Waals surface area contributed by atoms with Gasteiger partial charge in [-0.05, 0) is 77.6 Å². The summed E-state index contributed by atoms with van der Waals surface area (Å²) in [6.07, 6.45) is 1.43. The lowest BCUT2D eigenvalue weighted by atomic mass is 9.93. The maximum Gasteiger partial charge on any atom is 0.326 e. The second-order valence-corrected chi connectivity index (χ2v) is 14.0. The first-order valence-electron chi connectivity index (χ1n) is 14.0. The minimum Gasteiger partial charge on any atom is -0.480 e. The first-order valence-corrected chi connectivity index (χ1v) is 17.2. The van der Waals surface area contributed by atoms with Crippen molar-refractivity contribution >= 4 is 33.5 Å². The highest BCUT2D eigenvalue weighted by Gasteiger charge is 2.24. The summed E-state index contributed by atoms with van der Waals surface area (Å²) in [5.74, 6) is 1.00. The van der Waals surface area contributed by atoms with Gasteiger partial charge in [0.1, 0.15) is 15.9 Å². The molecule has 0 spiro atoms. The van der Waals surface area contributed by atoms with E-state index in [0.29, 0.717) is 24.2 Å². The van der Waals surface area contributed by atoms with Crippen LogP contribution in [0.1, 0.15) is 40.4 Å². The van der Waals surface area contributed by atoms with Gasteiger partial charge in [0.25, 0.3) is 5.91 Å². The molecule has 1 heterocycles. The standard InChI is InChI=1S/C32H37NO8S2/c1-4-42-19-24(15-22-10-12-29-30(17-22)41-20-40-29)39-18-23-9-11-26(27(16-23)25-8-6-5-7-21(25)2)31(34)33-28(32(35)36)13-14-43(3,37)38/h5-12,16-17,24,28H,4,13-15,18-20H2,1-3H3,(H,33,34)(H,35,36)/t24-,28-/m0/s1. The molecule has 0 saturated heterocycles. The number of hydrogen-bond acceptors (Lipinski definition) is 8. The fourth-order valence-corrected chi connectivity index (χ4v) is 6.14. The molecule has 3 aromatic rings. The van der Waals surface area contributed by atoms with Gasteiger partial charge in [0.2, 0.25) is 6.79 Å². The third-order valence-electron chi connectivity index (χ3n) is 7.04. The Labute approximate surface area is 256 Å². The molecule has 1 amide bonds. The summed E-state index contributed by atoms with van der Waals surface area (Å²) in [6.45, 7) is 4.58. The lowest BCUT2D eigenvalue weighted by molar-refractivity contribution is -0.139. The Morgan fingerprint density at radius 3 is 2.49 bits per heavy atom. The van der Waals surface area contributed by atoms with Gasteiger partial charge in [-0.25, -0.2) is 13.2 Å². The number of carboxylic acids is 1. The molecule has 1 aliphatic rings. The molecular formula is C32H37NO8S2. The summed E-state index contributed by atoms with van der Waals surface area (Å²) in [7, 11) is -3.40. The van der Waals surface area contributed by atoms with Crippen molar-refractivity contribution in [2.75, 3.05) is 30.3 Å². The fraction of sp³-hybridized carbons (Fsp3) is 0.375. The number of nitrogens with one attached hydrogen (secondary N) is 1. The number of aryl methyl sites for hydroxylation is 1. The Kier molecular flexibility index (Phi) is 11.1. The van der Waals surface area contributed by atoms with Gasteiger partial charge in [-0.15, -0.1) is 0 Å². The van der Waals surface area contributed by atoms with Crippen molar-refractivity contribution in [2.24, 2.45) is 0 Å². The van der Waals surface area contributed by atoms with Crippen LogP contribution in [0.2, 0.25) is 0 Å². The van der Waals surface area contributed by atoms with E-state index in [4.69, 9.17) is 14.2 Å². The van der Waals surface area contributed by atoms with Crippen LogP contribution >= 0.6 is 11.8 Å². The molecule has 11 heteroatoms. The Morgan fingerprint density at radius 2 is 1.77 bits per heavy atom. The molecule has 0 fully saturated rings. The van der Waals surface area contributed by atoms with E-state index in [1.165, 1.54) is 0 Å². The van der Waals surface area contributed by atoms with Gasteiger partial charge in [0.15, 0.2) is 11.5 Å². The number of sulfone groups is 1. The summed E-state index contributed by atoms with van der Waals surface area (Å²) in [5.41, 5.74) is 4.65. The zero-order valence-electron chi connectivity index (χ0n) is 24.5. The number of thioether (sulfide) groups is 1. The van der Waals surface area contributed by atoms with Crippen molar-refractivity contribution in [3.63, 3.8) is 0 Å². The molecule has 0 saturated carbocycles. The van der Waals surface area contributed by atoms with E-state index in [1.807, 2.05) is 55.5 Å². The molecule has 0 bridgehead atoms. The second-order valence-electron chi connectivity index (χ2n) is 10.5. The number of aliphatic carboxylic acids is 1. The molecule has 3 aromatic carbocycles. The number of amides is 1. The maximum atomic E-state index is 13.4. The highest BCUT2D eigenvalue weighted by molar-refractivity contribution is 7.99. The molecule has 43 heavy (non-hydrogen) atoms. The number of ether oxygens (including phenoxy) is 3. The van der Waals surface area contributed by atoms with Crippen LogP contribution in [0.4, 0.5) is 0 Å². The topological polar surface area (TPSA) is 128 Å². The van der Waals surface area contributed by atoms with Gasteiger partial charge < -0.3 is 24.6 Å². The Hall–Kier alpha value is -3.54. The van der Waals surface area contributed by atoms with Crippen LogP contribution in [0, 0.1) is 6.92 Å². The van der Waals surface area contributed by atoms with Crippen molar-refractivity contribution in [3.8, 4) is 22.6 Å². The average Bonchev–Trinajstić information content (AvgIpc) is 3.44. The van der Waals surface area contributed by atoms with Crippen LogP contribution in [0.15, 0.2) is 60.7 Å². The van der Waals surface area contributed by atoms with E-state index in [9.17, 15) is 23.1 Å². The maximum absolute atomic E-state index is 13.4. The molecule has 2 N–H and O–H groups in total. The summed E-state index contributed by atoms with van der Waals surface area (Å²) in [4.78, 5) is 25.2. The molecule has 4 rings (SSSR count). The van der Waals surface area contributed by atoms with Crippen molar-refractivity contribution < 1.29 is 37.3 Å². The Bertz CT molecular complexity index is 1560. The summed E-state index contributed by atoms with van der Waals surface area (Å²) in [6, 6.07) is 17.6. The van der Waals surface area contributed by atoms with Crippen molar-refractivity contribution in [1.82, 2.24) is 5.32 Å². The van der Waals surface area contributed by atoms with E-state index in [2.05, 4.69) is 12.2 Å². The van der Waals surface area contributed by atoms with Crippen LogP contribution in [-0.4, -0.2) is 67.9 Å². The van der Waals surface area contributed by atoms with Crippen LogP contribution in [0.3, 0.4) is 0 Å². The van der Waals surface area contributed by atoms with Crippen LogP contribution in [0.5, 0.6) is 11.5 Å². The summed E-state index contributed by atoms with van der Waals surface area (Å²) < 4.78 is 40.6. The van der Waals surface area contributed by atoms with Gasteiger partial charge in [-0.2, -0.15) is 11.8 Å². The zero-order chi connectivity index (χ0) is 31.0. The third-order valence-corrected chi connectivity index (χ3v) is 9.03. The molecule has 9 nitrogen and oxygen atoms in total. The van der Waals surface area contributed by atoms with E-state index >= 15 is 0 Å². The highest BCUT2D eigenvalue weighted by Crippen LogP contribution is 2.33. The molecular weight excluding hydrogens is 590 g/mol. The SMILES string of the molecule is CCSC[C@H](Cc1ccc2c(c1)OCO2)OCc1ccc(C(=O)N[C@@H](CCS(C)(=O)=O)C(=O)O)c(-c2ccccc2C)c1. The molecule has 0 radical (unpaired) electrons. The van der Waals surface area contributed by atoms with Crippen LogP contribution in [0.25, 0.3) is 11.1 Å². The number of carbonyl (C=O) groups is 2. The quantitative estimate of drug-likeness (QED) is 0.242. The highest BCUT2D eigenvalue weighted by atomic mass is 32.2. The van der Waals surface area contributed by atoms with E-state index < -0.39 is 27.8 Å². The number of hydrogen-bond donors (Lipinski definition) is 2. The number of fused-ring (bicyclic) bond motifs is 1. The number of rotatable bonds is 15. The third kappa shape index (κ3) is 9.22. The van der Waals surface area contributed by atoms with Crippen molar-refractivity contribution in [2.45, 2.75) is 45.4 Å². The number of carbonyl (C=O) groups excluding carboxylic acids is 1. The van der Waals surface area contributed by atoms with E-state index in [1.54, 1.807) is 23.9 Å². The first-order chi connectivity index (χ1) is 20.5. The summed E-state index contributed by atoms with van der Waals surface area (Å²) >= 11 is 1.80. The van der Waals surface area contributed by atoms with Gasteiger partial charge in [-0.3, -0.25) is 4.79 Å². The minimum atomic E-state index is -3.40. The Balaban J connectivity index is 1.56. The zero-order valence-corrected chi connectivity index (χ0v) is 26.1. The van der Waals surface area contributed by atoms with Crippen molar-refractivity contribution in [3.05, 3.63) is 82.9 Å². The van der Waals surface area contributed by atoms with Gasteiger partial charge in [0, 0.05) is 17.6 Å². The normalized spacial score (nSPS) is 13.8. The van der Waals surface area contributed by atoms with Gasteiger partial charge >= 0.3 is 5.97 Å². The minimum absolute atomic E-state index is 0.0682. The van der Waals surface area contributed by atoms with Crippen molar-refractivity contribution in [1.29, 1.82) is 0 Å².